The predicted molar refractivity (Wildman–Crippen MR) is 77.4 cm³/mol. The summed E-state index contributed by atoms with van der Waals surface area (Å²) in [6, 6.07) is -0.422. The van der Waals surface area contributed by atoms with Crippen molar-refractivity contribution < 1.29 is 14.3 Å². The first-order valence-corrected chi connectivity index (χ1v) is 7.32. The smallest absolute Gasteiger partial charge is 0.315 e. The maximum absolute atomic E-state index is 12.0. The molecule has 1 aromatic heterocycles. The molecule has 1 amide bonds. The molecule has 0 aliphatic heterocycles. The first-order chi connectivity index (χ1) is 9.58. The first kappa shape index (κ1) is 16.5. The van der Waals surface area contributed by atoms with Crippen LogP contribution in [0.4, 0.5) is 0 Å². The van der Waals surface area contributed by atoms with Crippen LogP contribution in [0.5, 0.6) is 0 Å². The van der Waals surface area contributed by atoms with Crippen molar-refractivity contribution in [2.24, 2.45) is 7.05 Å². The van der Waals surface area contributed by atoms with Crippen molar-refractivity contribution in [3.8, 4) is 0 Å². The summed E-state index contributed by atoms with van der Waals surface area (Å²) in [5.41, 5.74) is 0.815. The van der Waals surface area contributed by atoms with Crippen LogP contribution in [-0.2, 0) is 21.4 Å². The van der Waals surface area contributed by atoms with Gasteiger partial charge in [0.2, 0.25) is 5.91 Å². The molecule has 20 heavy (non-hydrogen) atoms. The van der Waals surface area contributed by atoms with Crippen LogP contribution in [0.3, 0.4) is 0 Å². The van der Waals surface area contributed by atoms with E-state index in [-0.39, 0.29) is 11.9 Å². The third-order valence-electron chi connectivity index (χ3n) is 2.60. The quantitative estimate of drug-likeness (QED) is 0.506. The van der Waals surface area contributed by atoms with E-state index in [0.717, 1.165) is 5.56 Å². The molecule has 8 heteroatoms. The highest BCUT2D eigenvalue weighted by atomic mass is 32.2. The molecule has 0 aliphatic carbocycles. The fourth-order valence-electron chi connectivity index (χ4n) is 1.60. The Morgan fingerprint density at radius 3 is 2.85 bits per heavy atom. The summed E-state index contributed by atoms with van der Waals surface area (Å²) in [5, 5.41) is 9.82. The van der Waals surface area contributed by atoms with Crippen LogP contribution in [0.25, 0.3) is 0 Å². The van der Waals surface area contributed by atoms with Gasteiger partial charge in [-0.1, -0.05) is 0 Å². The fraction of sp³-hybridized carbons (Fsp3) is 0.583. The maximum atomic E-state index is 12.0. The standard InChI is InChI=1S/C12H20N4O3S/c1-13-11(9-6-15-16(2)7-9)12(18)14-4-5-20-8-10(17)19-3/h6-7,11,13H,4-5,8H2,1-3H3,(H,14,18). The number of nitrogens with one attached hydrogen (secondary N) is 2. The van der Waals surface area contributed by atoms with E-state index in [2.05, 4.69) is 20.5 Å². The number of hydrogen-bond acceptors (Lipinski definition) is 6. The zero-order valence-electron chi connectivity index (χ0n) is 11.9. The van der Waals surface area contributed by atoms with E-state index in [1.807, 2.05) is 0 Å². The lowest BCUT2D eigenvalue weighted by molar-refractivity contribution is -0.137. The second kappa shape index (κ2) is 8.60. The number of carbonyl (C=O) groups excluding carboxylic acids is 2. The van der Waals surface area contributed by atoms with Gasteiger partial charge in [0.1, 0.15) is 6.04 Å². The normalized spacial score (nSPS) is 11.9. The van der Waals surface area contributed by atoms with Gasteiger partial charge < -0.3 is 15.4 Å². The molecule has 0 saturated heterocycles. The van der Waals surface area contributed by atoms with Crippen molar-refractivity contribution in [2.75, 3.05) is 32.2 Å². The van der Waals surface area contributed by atoms with Crippen LogP contribution in [0.15, 0.2) is 12.4 Å². The first-order valence-electron chi connectivity index (χ1n) is 6.16. The van der Waals surface area contributed by atoms with E-state index >= 15 is 0 Å². The van der Waals surface area contributed by atoms with Crippen LogP contribution in [0, 0.1) is 0 Å². The Hall–Kier alpha value is -1.54. The molecule has 0 bridgehead atoms. The van der Waals surface area contributed by atoms with Crippen LogP contribution < -0.4 is 10.6 Å². The summed E-state index contributed by atoms with van der Waals surface area (Å²) in [4.78, 5) is 22.9. The molecular weight excluding hydrogens is 280 g/mol. The van der Waals surface area contributed by atoms with Crippen LogP contribution in [0.1, 0.15) is 11.6 Å². The maximum Gasteiger partial charge on any atom is 0.315 e. The molecule has 0 aliphatic rings. The van der Waals surface area contributed by atoms with Gasteiger partial charge in [0.05, 0.1) is 19.1 Å². The molecule has 1 rings (SSSR count). The van der Waals surface area contributed by atoms with Gasteiger partial charge in [-0.3, -0.25) is 14.3 Å². The minimum absolute atomic E-state index is 0.112. The Morgan fingerprint density at radius 1 is 1.55 bits per heavy atom. The average molecular weight is 300 g/mol. The van der Waals surface area contributed by atoms with E-state index in [1.54, 1.807) is 31.2 Å². The van der Waals surface area contributed by atoms with Crippen molar-refractivity contribution >= 4 is 23.6 Å². The van der Waals surface area contributed by atoms with Gasteiger partial charge in [0.25, 0.3) is 0 Å². The third kappa shape index (κ3) is 5.22. The van der Waals surface area contributed by atoms with Crippen molar-refractivity contribution in [3.63, 3.8) is 0 Å². The Kier molecular flexibility index (Phi) is 7.10. The van der Waals surface area contributed by atoms with Crippen LogP contribution >= 0.6 is 11.8 Å². The minimum Gasteiger partial charge on any atom is -0.468 e. The summed E-state index contributed by atoms with van der Waals surface area (Å²) in [7, 11) is 4.89. The monoisotopic (exact) mass is 300 g/mol. The van der Waals surface area contributed by atoms with E-state index in [1.165, 1.54) is 18.9 Å². The number of nitrogens with zero attached hydrogens (tertiary/aromatic N) is 2. The molecule has 0 aromatic carbocycles. The molecule has 1 unspecified atom stereocenters. The summed E-state index contributed by atoms with van der Waals surface area (Å²) in [5.74, 6) is 0.582. The molecule has 1 heterocycles. The number of hydrogen-bond donors (Lipinski definition) is 2. The SMILES string of the molecule is CNC(C(=O)NCCSCC(=O)OC)c1cnn(C)c1. The van der Waals surface area contributed by atoms with E-state index in [9.17, 15) is 9.59 Å². The van der Waals surface area contributed by atoms with Gasteiger partial charge in [0.15, 0.2) is 0 Å². The number of methoxy groups -OCH3 is 1. The Bertz CT molecular complexity index is 450. The zero-order chi connectivity index (χ0) is 15.0. The zero-order valence-corrected chi connectivity index (χ0v) is 12.7. The number of amides is 1. The number of ether oxygens (including phenoxy) is 1. The number of esters is 1. The van der Waals surface area contributed by atoms with Gasteiger partial charge in [-0.2, -0.15) is 5.10 Å². The number of aryl methyl sites for hydroxylation is 1. The highest BCUT2D eigenvalue weighted by Crippen LogP contribution is 2.11. The van der Waals surface area contributed by atoms with E-state index in [4.69, 9.17) is 0 Å². The summed E-state index contributed by atoms with van der Waals surface area (Å²) in [6.45, 7) is 0.499. The topological polar surface area (TPSA) is 85.2 Å². The van der Waals surface area contributed by atoms with Gasteiger partial charge in [-0.25, -0.2) is 0 Å². The molecule has 0 radical (unpaired) electrons. The molecule has 0 fully saturated rings. The largest absolute Gasteiger partial charge is 0.468 e. The number of rotatable bonds is 8. The molecule has 1 aromatic rings. The highest BCUT2D eigenvalue weighted by molar-refractivity contribution is 7.99. The van der Waals surface area contributed by atoms with Crippen molar-refractivity contribution in [1.82, 2.24) is 20.4 Å². The van der Waals surface area contributed by atoms with Gasteiger partial charge >= 0.3 is 5.97 Å². The number of aromatic nitrogens is 2. The second-order valence-electron chi connectivity index (χ2n) is 4.09. The van der Waals surface area contributed by atoms with Crippen molar-refractivity contribution in [1.29, 1.82) is 0 Å². The molecule has 0 saturated carbocycles. The third-order valence-corrected chi connectivity index (χ3v) is 3.53. The van der Waals surface area contributed by atoms with Gasteiger partial charge in [-0.15, -0.1) is 11.8 Å². The summed E-state index contributed by atoms with van der Waals surface area (Å²) >= 11 is 1.42. The second-order valence-corrected chi connectivity index (χ2v) is 5.19. The summed E-state index contributed by atoms with van der Waals surface area (Å²) in [6.07, 6.45) is 3.46. The Labute approximate surface area is 122 Å². The predicted octanol–water partition coefficient (Wildman–Crippen LogP) is -0.297. The Balaban J connectivity index is 2.32. The molecule has 1 atom stereocenters. The molecule has 2 N–H and O–H groups in total. The lowest BCUT2D eigenvalue weighted by Crippen LogP contribution is -2.37. The van der Waals surface area contributed by atoms with Gasteiger partial charge in [0, 0.05) is 31.1 Å². The van der Waals surface area contributed by atoms with E-state index in [0.29, 0.717) is 18.1 Å². The van der Waals surface area contributed by atoms with Crippen LogP contribution in [-0.4, -0.2) is 53.9 Å². The molecule has 7 nitrogen and oxygen atoms in total. The minimum atomic E-state index is -0.422. The molecular formula is C12H20N4O3S. The number of thioether (sulfide) groups is 1. The Morgan fingerprint density at radius 2 is 2.30 bits per heavy atom. The number of carbonyl (C=O) groups is 2. The van der Waals surface area contributed by atoms with Crippen molar-refractivity contribution in [2.45, 2.75) is 6.04 Å². The average Bonchev–Trinajstić information content (AvgIpc) is 2.85. The fourth-order valence-corrected chi connectivity index (χ4v) is 2.28. The van der Waals surface area contributed by atoms with Crippen LogP contribution in [0.2, 0.25) is 0 Å². The van der Waals surface area contributed by atoms with E-state index < -0.39 is 6.04 Å². The highest BCUT2D eigenvalue weighted by Gasteiger charge is 2.19. The lowest BCUT2D eigenvalue weighted by atomic mass is 10.1. The molecule has 112 valence electrons. The molecule has 0 spiro atoms. The number of likely N-dealkylation sites (N-methyl/N-ethyl adjacent to an activating group) is 1. The lowest BCUT2D eigenvalue weighted by Gasteiger charge is -2.14. The summed E-state index contributed by atoms with van der Waals surface area (Å²) < 4.78 is 6.18. The van der Waals surface area contributed by atoms with Crippen molar-refractivity contribution in [3.05, 3.63) is 18.0 Å². The van der Waals surface area contributed by atoms with Gasteiger partial charge in [-0.05, 0) is 7.05 Å².